The van der Waals surface area contributed by atoms with Crippen LogP contribution in [0.25, 0.3) is 11.3 Å². The lowest BCUT2D eigenvalue weighted by Gasteiger charge is -2.22. The van der Waals surface area contributed by atoms with Gasteiger partial charge < -0.3 is 4.57 Å². The maximum absolute atomic E-state index is 12.6. The van der Waals surface area contributed by atoms with E-state index in [9.17, 15) is 4.39 Å². The van der Waals surface area contributed by atoms with Crippen molar-refractivity contribution in [3.05, 3.63) is 42.4 Å². The number of alkyl halides is 1. The van der Waals surface area contributed by atoms with Gasteiger partial charge in [-0.25, -0.2) is 9.37 Å². The number of rotatable bonds is 3. The summed E-state index contributed by atoms with van der Waals surface area (Å²) in [7, 11) is 0. The van der Waals surface area contributed by atoms with E-state index in [4.69, 9.17) is 0 Å². The number of nitrogens with zero attached hydrogens (tertiary/aromatic N) is 2. The average molecular weight is 246 g/mol. The van der Waals surface area contributed by atoms with Crippen molar-refractivity contribution in [3.63, 3.8) is 0 Å². The second-order valence-electron chi connectivity index (χ2n) is 5.44. The molecule has 0 fully saturated rings. The first-order valence-electron chi connectivity index (χ1n) is 6.21. The summed E-state index contributed by atoms with van der Waals surface area (Å²) < 4.78 is 14.5. The molecule has 0 radical (unpaired) electrons. The van der Waals surface area contributed by atoms with E-state index in [2.05, 4.69) is 25.8 Å². The van der Waals surface area contributed by atoms with E-state index in [-0.39, 0.29) is 12.1 Å². The van der Waals surface area contributed by atoms with Crippen LogP contribution in [0.4, 0.5) is 4.39 Å². The third-order valence-electron chi connectivity index (χ3n) is 2.92. The molecule has 1 aromatic heterocycles. The predicted molar refractivity (Wildman–Crippen MR) is 72.3 cm³/mol. The first-order valence-corrected chi connectivity index (χ1v) is 6.21. The molecule has 1 heterocycles. The molecule has 3 heteroatoms. The van der Waals surface area contributed by atoms with Crippen LogP contribution >= 0.6 is 0 Å². The summed E-state index contributed by atoms with van der Waals surface area (Å²) in [4.78, 5) is 4.47. The Morgan fingerprint density at radius 2 is 1.83 bits per heavy atom. The normalized spacial score (nSPS) is 11.8. The summed E-state index contributed by atoms with van der Waals surface area (Å²) in [6.45, 7) is 6.39. The van der Waals surface area contributed by atoms with Crippen molar-refractivity contribution in [2.24, 2.45) is 0 Å². The van der Waals surface area contributed by atoms with Gasteiger partial charge in [0.1, 0.15) is 6.67 Å². The van der Waals surface area contributed by atoms with Crippen molar-refractivity contribution in [2.45, 2.75) is 32.7 Å². The minimum absolute atomic E-state index is 0.0587. The topological polar surface area (TPSA) is 17.8 Å². The van der Waals surface area contributed by atoms with Gasteiger partial charge in [-0.2, -0.15) is 0 Å². The largest absolute Gasteiger partial charge is 0.331 e. The van der Waals surface area contributed by atoms with Gasteiger partial charge in [-0.15, -0.1) is 0 Å². The van der Waals surface area contributed by atoms with Gasteiger partial charge in [0.05, 0.1) is 24.3 Å². The molecule has 0 spiro atoms. The molecule has 0 unspecified atom stereocenters. The summed E-state index contributed by atoms with van der Waals surface area (Å²) in [6, 6.07) is 10.1. The predicted octanol–water partition coefficient (Wildman–Crippen LogP) is 3.82. The highest BCUT2D eigenvalue weighted by Gasteiger charge is 2.24. The maximum Gasteiger partial charge on any atom is 0.107 e. The highest BCUT2D eigenvalue weighted by molar-refractivity contribution is 5.63. The van der Waals surface area contributed by atoms with Crippen LogP contribution in [0.3, 0.4) is 0 Å². The summed E-state index contributed by atoms with van der Waals surface area (Å²) in [5.41, 5.74) is 3.07. The number of aryl methyl sites for hydroxylation is 1. The number of benzene rings is 1. The van der Waals surface area contributed by atoms with Gasteiger partial charge in [0.2, 0.25) is 0 Å². The van der Waals surface area contributed by atoms with Gasteiger partial charge in [0, 0.05) is 11.0 Å². The lowest BCUT2D eigenvalue weighted by Crippen LogP contribution is -2.19. The fourth-order valence-corrected chi connectivity index (χ4v) is 2.24. The average Bonchev–Trinajstić information content (AvgIpc) is 2.74. The van der Waals surface area contributed by atoms with Crippen LogP contribution in [0.2, 0.25) is 0 Å². The molecule has 18 heavy (non-hydrogen) atoms. The Balaban J connectivity index is 2.55. The van der Waals surface area contributed by atoms with E-state index in [0.717, 1.165) is 17.0 Å². The highest BCUT2D eigenvalue weighted by Crippen LogP contribution is 2.31. The number of aromatic nitrogens is 2. The molecule has 0 saturated heterocycles. The zero-order valence-electron chi connectivity index (χ0n) is 11.2. The molecule has 0 N–H and O–H groups in total. The molecule has 2 aromatic rings. The number of imidazole rings is 1. The molecule has 0 atom stereocenters. The molecule has 0 saturated carbocycles. The number of hydrogen-bond donors (Lipinski definition) is 0. The first-order chi connectivity index (χ1) is 8.54. The van der Waals surface area contributed by atoms with Crippen LogP contribution < -0.4 is 0 Å². The first kappa shape index (κ1) is 12.8. The van der Waals surface area contributed by atoms with Crippen LogP contribution in [0.5, 0.6) is 0 Å². The lowest BCUT2D eigenvalue weighted by atomic mass is 9.88. The quantitative estimate of drug-likeness (QED) is 0.805. The van der Waals surface area contributed by atoms with E-state index in [1.807, 2.05) is 34.9 Å². The molecule has 96 valence electrons. The Labute approximate surface area is 107 Å². The van der Waals surface area contributed by atoms with Crippen LogP contribution in [-0.2, 0) is 12.0 Å². The van der Waals surface area contributed by atoms with Gasteiger partial charge in [-0.1, -0.05) is 51.1 Å². The molecule has 0 amide bonds. The Morgan fingerprint density at radius 3 is 2.39 bits per heavy atom. The van der Waals surface area contributed by atoms with Gasteiger partial charge in [-0.3, -0.25) is 0 Å². The van der Waals surface area contributed by atoms with Gasteiger partial charge in [0.25, 0.3) is 0 Å². The molecule has 1 aromatic carbocycles. The summed E-state index contributed by atoms with van der Waals surface area (Å²) in [6.07, 6.45) is 1.74. The molecule has 0 aliphatic rings. The monoisotopic (exact) mass is 246 g/mol. The smallest absolute Gasteiger partial charge is 0.107 e. The van der Waals surface area contributed by atoms with Crippen molar-refractivity contribution < 1.29 is 4.39 Å². The fourth-order valence-electron chi connectivity index (χ4n) is 2.24. The van der Waals surface area contributed by atoms with Crippen molar-refractivity contribution in [3.8, 4) is 11.3 Å². The standard InChI is InChI=1S/C15H19FN2/c1-15(2,3)14-13(12-7-5-4-6-8-12)17-11-18(14)10-9-16/h4-8,11H,9-10H2,1-3H3. The fraction of sp³-hybridized carbons (Fsp3) is 0.400. The van der Waals surface area contributed by atoms with Crippen molar-refractivity contribution in [1.29, 1.82) is 0 Å². The van der Waals surface area contributed by atoms with Gasteiger partial charge in [-0.05, 0) is 0 Å². The minimum atomic E-state index is -0.367. The van der Waals surface area contributed by atoms with E-state index < -0.39 is 0 Å². The lowest BCUT2D eigenvalue weighted by molar-refractivity contribution is 0.423. The molecule has 0 bridgehead atoms. The summed E-state index contributed by atoms with van der Waals surface area (Å²) in [5, 5.41) is 0. The van der Waals surface area contributed by atoms with E-state index >= 15 is 0 Å². The van der Waals surface area contributed by atoms with Crippen LogP contribution in [0.1, 0.15) is 26.5 Å². The molecular formula is C15H19FN2. The minimum Gasteiger partial charge on any atom is -0.331 e. The van der Waals surface area contributed by atoms with Crippen LogP contribution in [0.15, 0.2) is 36.7 Å². The Morgan fingerprint density at radius 1 is 1.17 bits per heavy atom. The van der Waals surface area contributed by atoms with Crippen molar-refractivity contribution in [2.75, 3.05) is 6.67 Å². The van der Waals surface area contributed by atoms with Crippen molar-refractivity contribution in [1.82, 2.24) is 9.55 Å². The Kier molecular flexibility index (Phi) is 3.50. The van der Waals surface area contributed by atoms with E-state index in [1.165, 1.54) is 0 Å². The summed E-state index contributed by atoms with van der Waals surface area (Å²) >= 11 is 0. The number of halogens is 1. The van der Waals surface area contributed by atoms with Gasteiger partial charge in [0.15, 0.2) is 0 Å². The molecule has 2 nitrogen and oxygen atoms in total. The Bertz CT molecular complexity index is 509. The summed E-state index contributed by atoms with van der Waals surface area (Å²) in [5.74, 6) is 0. The maximum atomic E-state index is 12.6. The molecule has 0 aliphatic carbocycles. The molecule has 0 aliphatic heterocycles. The second kappa shape index (κ2) is 4.92. The van der Waals surface area contributed by atoms with Crippen LogP contribution in [-0.4, -0.2) is 16.2 Å². The third kappa shape index (κ3) is 2.45. The van der Waals surface area contributed by atoms with E-state index in [0.29, 0.717) is 6.54 Å². The highest BCUT2D eigenvalue weighted by atomic mass is 19.1. The Hall–Kier alpha value is -1.64. The van der Waals surface area contributed by atoms with Gasteiger partial charge >= 0.3 is 0 Å². The van der Waals surface area contributed by atoms with Crippen LogP contribution in [0, 0.1) is 0 Å². The number of hydrogen-bond acceptors (Lipinski definition) is 1. The zero-order valence-corrected chi connectivity index (χ0v) is 11.2. The van der Waals surface area contributed by atoms with E-state index in [1.54, 1.807) is 6.33 Å². The molecule has 2 rings (SSSR count). The SMILES string of the molecule is CC(C)(C)c1c(-c2ccccc2)ncn1CCF. The zero-order chi connectivity index (χ0) is 13.2. The molecular weight excluding hydrogens is 227 g/mol. The third-order valence-corrected chi connectivity index (χ3v) is 2.92. The van der Waals surface area contributed by atoms with Crippen molar-refractivity contribution >= 4 is 0 Å². The second-order valence-corrected chi connectivity index (χ2v) is 5.44.